The van der Waals surface area contributed by atoms with E-state index in [0.29, 0.717) is 13.2 Å². The smallest absolute Gasteiger partial charge is 0.432 e. The Morgan fingerprint density at radius 1 is 1.00 bits per heavy atom. The average molecular weight is 262 g/mol. The minimum atomic E-state index is -0.679. The molecule has 2 unspecified atom stereocenters. The highest BCUT2D eigenvalue weighted by Gasteiger charge is 2.13. The molecular weight excluding hydrogens is 236 g/mol. The van der Waals surface area contributed by atoms with Crippen LogP contribution in [0.4, 0.5) is 4.79 Å². The van der Waals surface area contributed by atoms with Crippen LogP contribution in [0.1, 0.15) is 41.0 Å². The van der Waals surface area contributed by atoms with Gasteiger partial charge >= 0.3 is 6.16 Å². The number of carbonyl (C=O) groups excluding carboxylic acids is 1. The van der Waals surface area contributed by atoms with Gasteiger partial charge < -0.3 is 18.9 Å². The van der Waals surface area contributed by atoms with Gasteiger partial charge in [-0.2, -0.15) is 0 Å². The van der Waals surface area contributed by atoms with Crippen molar-refractivity contribution in [3.05, 3.63) is 0 Å². The Balaban J connectivity index is 3.63. The molecule has 5 nitrogen and oxygen atoms in total. The number of carbonyl (C=O) groups is 1. The molecule has 0 aliphatic carbocycles. The van der Waals surface area contributed by atoms with E-state index in [4.69, 9.17) is 18.9 Å². The van der Waals surface area contributed by atoms with E-state index in [-0.39, 0.29) is 24.9 Å². The van der Waals surface area contributed by atoms with E-state index in [2.05, 4.69) is 0 Å². The van der Waals surface area contributed by atoms with Crippen molar-refractivity contribution in [3.63, 3.8) is 0 Å². The lowest BCUT2D eigenvalue weighted by molar-refractivity contribution is -0.0417. The standard InChI is InChI=1S/C13H26O5/c1-6-7-15-11(4)8-17-13(14)18-12(5)9-16-10(2)3/h10-12H,6-9H2,1-5H3. The number of hydrogen-bond acceptors (Lipinski definition) is 5. The van der Waals surface area contributed by atoms with E-state index in [1.54, 1.807) is 6.92 Å². The Bertz CT molecular complexity index is 217. The summed E-state index contributed by atoms with van der Waals surface area (Å²) in [5, 5.41) is 0. The second-order valence-corrected chi connectivity index (χ2v) is 4.55. The fourth-order valence-corrected chi connectivity index (χ4v) is 1.11. The first-order valence-electron chi connectivity index (χ1n) is 6.52. The lowest BCUT2D eigenvalue weighted by atomic mass is 10.4. The van der Waals surface area contributed by atoms with Crippen LogP contribution < -0.4 is 0 Å². The number of rotatable bonds is 9. The van der Waals surface area contributed by atoms with Crippen molar-refractivity contribution in [2.75, 3.05) is 19.8 Å². The first kappa shape index (κ1) is 17.2. The lowest BCUT2D eigenvalue weighted by Gasteiger charge is -2.16. The number of ether oxygens (including phenoxy) is 4. The van der Waals surface area contributed by atoms with Crippen LogP contribution >= 0.6 is 0 Å². The van der Waals surface area contributed by atoms with Crippen molar-refractivity contribution in [2.45, 2.75) is 59.4 Å². The van der Waals surface area contributed by atoms with Crippen molar-refractivity contribution >= 4 is 6.16 Å². The van der Waals surface area contributed by atoms with E-state index in [1.165, 1.54) is 0 Å². The highest BCUT2D eigenvalue weighted by Crippen LogP contribution is 2.00. The maximum Gasteiger partial charge on any atom is 0.508 e. The summed E-state index contributed by atoms with van der Waals surface area (Å²) in [6.07, 6.45) is -0.0407. The predicted octanol–water partition coefficient (Wildman–Crippen LogP) is 2.77. The topological polar surface area (TPSA) is 54.0 Å². The fraction of sp³-hybridized carbons (Fsp3) is 0.923. The summed E-state index contributed by atoms with van der Waals surface area (Å²) in [5.41, 5.74) is 0. The monoisotopic (exact) mass is 262 g/mol. The lowest BCUT2D eigenvalue weighted by Crippen LogP contribution is -2.25. The van der Waals surface area contributed by atoms with Crippen molar-refractivity contribution in [1.82, 2.24) is 0 Å². The molecule has 0 spiro atoms. The molecule has 0 radical (unpaired) electrons. The zero-order valence-electron chi connectivity index (χ0n) is 12.1. The van der Waals surface area contributed by atoms with Crippen LogP contribution in [0.25, 0.3) is 0 Å². The van der Waals surface area contributed by atoms with Crippen LogP contribution in [0.15, 0.2) is 0 Å². The first-order chi connectivity index (χ1) is 8.45. The van der Waals surface area contributed by atoms with E-state index < -0.39 is 6.16 Å². The molecule has 108 valence electrons. The van der Waals surface area contributed by atoms with Gasteiger partial charge in [0.1, 0.15) is 12.7 Å². The van der Waals surface area contributed by atoms with Gasteiger partial charge in [-0.3, -0.25) is 0 Å². The highest BCUT2D eigenvalue weighted by atomic mass is 16.7. The summed E-state index contributed by atoms with van der Waals surface area (Å²) in [4.78, 5) is 11.3. The van der Waals surface area contributed by atoms with Crippen LogP contribution in [-0.4, -0.2) is 44.3 Å². The van der Waals surface area contributed by atoms with E-state index in [9.17, 15) is 4.79 Å². The third kappa shape index (κ3) is 10.4. The molecule has 0 amide bonds. The molecule has 0 rings (SSSR count). The molecule has 0 bridgehead atoms. The molecule has 0 aromatic rings. The Kier molecular flexibility index (Phi) is 9.69. The molecule has 5 heteroatoms. The molecule has 0 N–H and O–H groups in total. The van der Waals surface area contributed by atoms with Gasteiger partial charge in [0.2, 0.25) is 0 Å². The van der Waals surface area contributed by atoms with Gasteiger partial charge in [-0.15, -0.1) is 0 Å². The Hall–Kier alpha value is -0.810. The minimum Gasteiger partial charge on any atom is -0.432 e. The predicted molar refractivity (Wildman–Crippen MR) is 68.7 cm³/mol. The maximum absolute atomic E-state index is 11.3. The van der Waals surface area contributed by atoms with Gasteiger partial charge in [0.25, 0.3) is 0 Å². The molecule has 0 aromatic heterocycles. The second-order valence-electron chi connectivity index (χ2n) is 4.55. The average Bonchev–Trinajstić information content (AvgIpc) is 2.31. The Labute approximate surface area is 110 Å². The maximum atomic E-state index is 11.3. The molecule has 0 saturated heterocycles. The number of hydrogen-bond donors (Lipinski definition) is 0. The second kappa shape index (κ2) is 10.1. The summed E-state index contributed by atoms with van der Waals surface area (Å²) in [6, 6.07) is 0. The molecule has 0 aromatic carbocycles. The SMILES string of the molecule is CCCOC(C)COC(=O)OC(C)COC(C)C. The zero-order valence-corrected chi connectivity index (χ0v) is 12.1. The molecule has 0 heterocycles. The third-order valence-corrected chi connectivity index (χ3v) is 2.00. The molecule has 0 saturated carbocycles. The van der Waals surface area contributed by atoms with Gasteiger partial charge in [0.15, 0.2) is 0 Å². The van der Waals surface area contributed by atoms with Crippen LogP contribution in [0.2, 0.25) is 0 Å². The van der Waals surface area contributed by atoms with Crippen molar-refractivity contribution in [1.29, 1.82) is 0 Å². The normalized spacial score (nSPS) is 14.3. The highest BCUT2D eigenvalue weighted by molar-refractivity contribution is 5.60. The summed E-state index contributed by atoms with van der Waals surface area (Å²) in [5.74, 6) is 0. The molecule has 2 atom stereocenters. The van der Waals surface area contributed by atoms with Gasteiger partial charge in [0.05, 0.1) is 18.8 Å². The quantitative estimate of drug-likeness (QED) is 0.598. The van der Waals surface area contributed by atoms with E-state index in [0.717, 1.165) is 6.42 Å². The van der Waals surface area contributed by atoms with Crippen molar-refractivity contribution in [3.8, 4) is 0 Å². The largest absolute Gasteiger partial charge is 0.508 e. The van der Waals surface area contributed by atoms with Crippen LogP contribution in [0.5, 0.6) is 0 Å². The van der Waals surface area contributed by atoms with Crippen LogP contribution in [0.3, 0.4) is 0 Å². The molecule has 0 aliphatic heterocycles. The van der Waals surface area contributed by atoms with Crippen molar-refractivity contribution in [2.24, 2.45) is 0 Å². The summed E-state index contributed by atoms with van der Waals surface area (Å²) < 4.78 is 20.6. The van der Waals surface area contributed by atoms with Gasteiger partial charge in [-0.25, -0.2) is 4.79 Å². The summed E-state index contributed by atoms with van der Waals surface area (Å²) >= 11 is 0. The van der Waals surface area contributed by atoms with E-state index >= 15 is 0 Å². The minimum absolute atomic E-state index is 0.111. The van der Waals surface area contributed by atoms with Crippen LogP contribution in [-0.2, 0) is 18.9 Å². The van der Waals surface area contributed by atoms with Crippen LogP contribution in [0, 0.1) is 0 Å². The molecular formula is C13H26O5. The van der Waals surface area contributed by atoms with E-state index in [1.807, 2.05) is 27.7 Å². The van der Waals surface area contributed by atoms with Gasteiger partial charge in [0, 0.05) is 6.61 Å². The zero-order chi connectivity index (χ0) is 14.0. The Morgan fingerprint density at radius 3 is 2.22 bits per heavy atom. The third-order valence-electron chi connectivity index (χ3n) is 2.00. The first-order valence-corrected chi connectivity index (χ1v) is 6.52. The molecule has 0 fully saturated rings. The fourth-order valence-electron chi connectivity index (χ4n) is 1.11. The summed E-state index contributed by atoms with van der Waals surface area (Å²) in [7, 11) is 0. The van der Waals surface area contributed by atoms with Crippen molar-refractivity contribution < 1.29 is 23.7 Å². The molecule has 18 heavy (non-hydrogen) atoms. The van der Waals surface area contributed by atoms with Gasteiger partial charge in [-0.1, -0.05) is 6.92 Å². The van der Waals surface area contributed by atoms with Gasteiger partial charge in [-0.05, 0) is 34.1 Å². The molecule has 0 aliphatic rings. The summed E-state index contributed by atoms with van der Waals surface area (Å²) in [6.45, 7) is 10.7. The Morgan fingerprint density at radius 2 is 1.67 bits per heavy atom.